The van der Waals surface area contributed by atoms with Crippen molar-refractivity contribution in [3.05, 3.63) is 11.1 Å². The molecular weight excluding hydrogens is 480 g/mol. The fourth-order valence-electron chi connectivity index (χ4n) is 10.2. The number of rotatable bonds is 2. The molecule has 38 heavy (non-hydrogen) atoms. The lowest BCUT2D eigenvalue weighted by Crippen LogP contribution is -2.62. The molecule has 1 spiro atoms. The van der Waals surface area contributed by atoms with E-state index in [9.17, 15) is 19.2 Å². The number of allylic oxidation sites excluding steroid dienone is 2. The van der Waals surface area contributed by atoms with E-state index in [4.69, 9.17) is 0 Å². The van der Waals surface area contributed by atoms with E-state index in [0.717, 1.165) is 44.1 Å². The molecule has 0 aromatic rings. The normalized spacial score (nSPS) is 45.7. The molecule has 8 heteroatoms. The van der Waals surface area contributed by atoms with Crippen LogP contribution in [0.4, 0.5) is 0 Å². The van der Waals surface area contributed by atoms with Gasteiger partial charge in [0.15, 0.2) is 0 Å². The van der Waals surface area contributed by atoms with Gasteiger partial charge in [-0.15, -0.1) is 0 Å². The topological polar surface area (TPSA) is 81.2 Å². The minimum absolute atomic E-state index is 0.109. The van der Waals surface area contributed by atoms with Crippen molar-refractivity contribution >= 4 is 23.6 Å². The third kappa shape index (κ3) is 3.05. The van der Waals surface area contributed by atoms with Gasteiger partial charge in [-0.3, -0.25) is 19.2 Å². The Labute approximate surface area is 225 Å². The molecule has 8 aliphatic rings. The summed E-state index contributed by atoms with van der Waals surface area (Å²) in [6, 6.07) is 0. The second-order valence-electron chi connectivity index (χ2n) is 13.9. The maximum Gasteiger partial charge on any atom is 0.248 e. The summed E-state index contributed by atoms with van der Waals surface area (Å²) in [7, 11) is 0. The Morgan fingerprint density at radius 2 is 1.16 bits per heavy atom. The lowest BCUT2D eigenvalue weighted by atomic mass is 9.39. The third-order valence-electron chi connectivity index (χ3n) is 11.5. The summed E-state index contributed by atoms with van der Waals surface area (Å²) in [6.45, 7) is 11.5. The average molecular weight is 523 g/mol. The molecular formula is C30H42N4O4. The number of carbonyl (C=O) groups is 4. The molecule has 0 aromatic heterocycles. The van der Waals surface area contributed by atoms with Gasteiger partial charge in [-0.1, -0.05) is 31.9 Å². The smallest absolute Gasteiger partial charge is 0.248 e. The van der Waals surface area contributed by atoms with Crippen LogP contribution in [0, 0.1) is 52.8 Å². The maximum atomic E-state index is 14.4. The molecule has 6 fully saturated rings. The van der Waals surface area contributed by atoms with Gasteiger partial charge in [0.05, 0.1) is 23.7 Å². The Balaban J connectivity index is 1.35. The number of piperidine rings is 2. The van der Waals surface area contributed by atoms with Crippen LogP contribution in [0.25, 0.3) is 0 Å². The molecule has 0 N–H and O–H groups in total. The SMILES string of the molecule is CC1=C2CCC(C)CC23C2C(=O)N(N4CCCC(C)C4)C(=O)C2C1C1C(=O)N(N2CCCC(C)C2)C(=O)C13. The van der Waals surface area contributed by atoms with E-state index in [0.29, 0.717) is 50.4 Å². The van der Waals surface area contributed by atoms with Crippen LogP contribution in [-0.4, -0.2) is 69.8 Å². The van der Waals surface area contributed by atoms with E-state index in [1.807, 2.05) is 10.0 Å². The summed E-state index contributed by atoms with van der Waals surface area (Å²) in [4.78, 5) is 57.4. The fourth-order valence-corrected chi connectivity index (χ4v) is 10.2. The zero-order valence-electron chi connectivity index (χ0n) is 23.3. The third-order valence-corrected chi connectivity index (χ3v) is 11.5. The molecule has 7 unspecified atom stereocenters. The molecule has 0 radical (unpaired) electrons. The van der Waals surface area contributed by atoms with Gasteiger partial charge in [-0.05, 0) is 69.6 Å². The zero-order chi connectivity index (χ0) is 26.7. The molecule has 8 rings (SSSR count). The molecule has 206 valence electrons. The Bertz CT molecular complexity index is 1080. The summed E-state index contributed by atoms with van der Waals surface area (Å²) >= 11 is 0. The summed E-state index contributed by atoms with van der Waals surface area (Å²) in [6.07, 6.45) is 6.74. The standard InChI is InChI=1S/C30H42N4O4/c1-16-9-10-20-19(4)21-22-24(28(37)33(26(22)35)31-11-5-7-17(2)14-31)30(20,13-16)25-23(21)27(36)34(29(25)38)32-12-6-8-18(3)15-32/h16-18,21-25H,5-15H2,1-4H3. The van der Waals surface area contributed by atoms with E-state index in [1.165, 1.54) is 15.6 Å². The predicted octanol–water partition coefficient (Wildman–Crippen LogP) is 3.25. The molecule has 4 heterocycles. The molecule has 2 saturated carbocycles. The highest BCUT2D eigenvalue weighted by Gasteiger charge is 2.78. The molecule has 0 aromatic carbocycles. The minimum Gasteiger partial charge on any atom is -0.273 e. The number of carbonyl (C=O) groups excluding carboxylic acids is 4. The van der Waals surface area contributed by atoms with Crippen molar-refractivity contribution in [3.8, 4) is 0 Å². The Kier molecular flexibility index (Phi) is 5.56. The summed E-state index contributed by atoms with van der Waals surface area (Å²) < 4.78 is 0. The number of nitrogens with zero attached hydrogens (tertiary/aromatic N) is 4. The first-order valence-electron chi connectivity index (χ1n) is 15.1. The Morgan fingerprint density at radius 3 is 1.63 bits per heavy atom. The lowest BCUT2D eigenvalue weighted by Gasteiger charge is -2.61. The van der Waals surface area contributed by atoms with Gasteiger partial charge in [0.2, 0.25) is 23.6 Å². The number of amides is 4. The van der Waals surface area contributed by atoms with Crippen molar-refractivity contribution in [1.29, 1.82) is 0 Å². The average Bonchev–Trinajstić information content (AvgIpc) is 3.30. The van der Waals surface area contributed by atoms with Crippen molar-refractivity contribution in [3.63, 3.8) is 0 Å². The zero-order valence-corrected chi connectivity index (χ0v) is 23.3. The van der Waals surface area contributed by atoms with E-state index in [2.05, 4.69) is 27.7 Å². The Morgan fingerprint density at radius 1 is 0.658 bits per heavy atom. The molecule has 4 aliphatic heterocycles. The number of hydrogen-bond donors (Lipinski definition) is 0. The van der Waals surface area contributed by atoms with Crippen molar-refractivity contribution in [1.82, 2.24) is 20.0 Å². The Hall–Kier alpha value is -2.06. The maximum absolute atomic E-state index is 14.4. The minimum atomic E-state index is -0.725. The predicted molar refractivity (Wildman–Crippen MR) is 139 cm³/mol. The van der Waals surface area contributed by atoms with Crippen LogP contribution in [0.3, 0.4) is 0 Å². The molecule has 4 saturated heterocycles. The van der Waals surface area contributed by atoms with Crippen molar-refractivity contribution < 1.29 is 19.2 Å². The largest absolute Gasteiger partial charge is 0.273 e. The first-order chi connectivity index (χ1) is 18.2. The van der Waals surface area contributed by atoms with Gasteiger partial charge in [0.1, 0.15) is 0 Å². The quantitative estimate of drug-likeness (QED) is 0.409. The second-order valence-corrected chi connectivity index (χ2v) is 13.9. The highest BCUT2D eigenvalue weighted by Crippen LogP contribution is 2.72. The van der Waals surface area contributed by atoms with E-state index >= 15 is 0 Å². The highest BCUT2D eigenvalue weighted by atomic mass is 16.2. The number of hydrazine groups is 2. The van der Waals surface area contributed by atoms with Crippen LogP contribution in [0.5, 0.6) is 0 Å². The van der Waals surface area contributed by atoms with Crippen LogP contribution < -0.4 is 0 Å². The second kappa shape index (κ2) is 8.47. The van der Waals surface area contributed by atoms with E-state index in [-0.39, 0.29) is 29.5 Å². The van der Waals surface area contributed by atoms with Gasteiger partial charge >= 0.3 is 0 Å². The van der Waals surface area contributed by atoms with Crippen LogP contribution in [-0.2, 0) is 19.2 Å². The van der Waals surface area contributed by atoms with Crippen LogP contribution in [0.1, 0.15) is 72.6 Å². The van der Waals surface area contributed by atoms with Crippen molar-refractivity contribution in [2.45, 2.75) is 72.6 Å². The highest BCUT2D eigenvalue weighted by molar-refractivity contribution is 6.11. The van der Waals surface area contributed by atoms with Gasteiger partial charge in [-0.2, -0.15) is 0 Å². The summed E-state index contributed by atoms with van der Waals surface area (Å²) in [5.41, 5.74) is 1.63. The summed E-state index contributed by atoms with van der Waals surface area (Å²) in [5.74, 6) is -1.77. The van der Waals surface area contributed by atoms with E-state index in [1.54, 1.807) is 0 Å². The van der Waals surface area contributed by atoms with Crippen LogP contribution in [0.15, 0.2) is 11.1 Å². The summed E-state index contributed by atoms with van der Waals surface area (Å²) in [5, 5.41) is 6.93. The van der Waals surface area contributed by atoms with E-state index < -0.39 is 29.1 Å². The molecule has 4 aliphatic carbocycles. The lowest BCUT2D eigenvalue weighted by molar-refractivity contribution is -0.164. The van der Waals surface area contributed by atoms with Crippen molar-refractivity contribution in [2.24, 2.45) is 52.8 Å². The van der Waals surface area contributed by atoms with Crippen molar-refractivity contribution in [2.75, 3.05) is 26.2 Å². The monoisotopic (exact) mass is 522 g/mol. The fraction of sp³-hybridized carbons (Fsp3) is 0.800. The molecule has 8 nitrogen and oxygen atoms in total. The molecule has 2 bridgehead atoms. The van der Waals surface area contributed by atoms with Gasteiger partial charge in [0, 0.05) is 37.5 Å². The first-order valence-corrected chi connectivity index (χ1v) is 15.1. The van der Waals surface area contributed by atoms with Gasteiger partial charge in [-0.25, -0.2) is 20.0 Å². The molecule has 7 atom stereocenters. The van der Waals surface area contributed by atoms with Crippen LogP contribution in [0.2, 0.25) is 0 Å². The molecule has 4 amide bonds. The van der Waals surface area contributed by atoms with Crippen LogP contribution >= 0.6 is 0 Å². The number of hydrogen-bond acceptors (Lipinski definition) is 6. The van der Waals surface area contributed by atoms with Gasteiger partial charge in [0.25, 0.3) is 0 Å². The first kappa shape index (κ1) is 24.9. The number of imide groups is 2. The van der Waals surface area contributed by atoms with Gasteiger partial charge < -0.3 is 0 Å².